The normalized spacial score (nSPS) is 10.9. The summed E-state index contributed by atoms with van der Waals surface area (Å²) in [7, 11) is 0. The van der Waals surface area contributed by atoms with Gasteiger partial charge in [-0.15, -0.1) is 0 Å². The molecule has 0 aliphatic rings. The zero-order valence-electron chi connectivity index (χ0n) is 18.7. The first-order valence-corrected chi connectivity index (χ1v) is 11.3. The van der Waals surface area contributed by atoms with Crippen LogP contribution in [-0.2, 0) is 17.6 Å². The van der Waals surface area contributed by atoms with Gasteiger partial charge in [0, 0.05) is 23.9 Å². The van der Waals surface area contributed by atoms with Crippen LogP contribution < -0.4 is 10.1 Å². The number of nitrogens with zero attached hydrogens (tertiary/aromatic N) is 1. The van der Waals surface area contributed by atoms with E-state index in [-0.39, 0.29) is 6.42 Å². The maximum Gasteiger partial charge on any atom is 0.307 e. The van der Waals surface area contributed by atoms with Crippen molar-refractivity contribution in [3.8, 4) is 17.2 Å². The largest absolute Gasteiger partial charge is 0.493 e. The van der Waals surface area contributed by atoms with Gasteiger partial charge in [0.05, 0.1) is 13.0 Å². The Bertz CT molecular complexity index is 1200. The van der Waals surface area contributed by atoms with Gasteiger partial charge in [0.25, 0.3) is 0 Å². The van der Waals surface area contributed by atoms with E-state index in [1.807, 2.05) is 66.7 Å². The Labute approximate surface area is 193 Å². The van der Waals surface area contributed by atoms with Crippen molar-refractivity contribution in [2.45, 2.75) is 32.6 Å². The third-order valence-corrected chi connectivity index (χ3v) is 5.33. The predicted molar refractivity (Wildman–Crippen MR) is 130 cm³/mol. The molecule has 0 spiro atoms. The minimum atomic E-state index is -0.824. The molecule has 4 rings (SSSR count). The smallest absolute Gasteiger partial charge is 0.307 e. The summed E-state index contributed by atoms with van der Waals surface area (Å²) in [6.07, 6.45) is 2.79. The molecule has 0 radical (unpaired) electrons. The number of aryl methyl sites for hydroxylation is 1. The van der Waals surface area contributed by atoms with Gasteiger partial charge in [0.1, 0.15) is 11.3 Å². The van der Waals surface area contributed by atoms with Crippen molar-refractivity contribution < 1.29 is 19.1 Å². The predicted octanol–water partition coefficient (Wildman–Crippen LogP) is 5.96. The van der Waals surface area contributed by atoms with Crippen LogP contribution in [0.2, 0.25) is 0 Å². The average molecular weight is 445 g/mol. The van der Waals surface area contributed by atoms with Crippen LogP contribution in [0.15, 0.2) is 71.1 Å². The molecule has 0 amide bonds. The van der Waals surface area contributed by atoms with E-state index in [4.69, 9.17) is 14.3 Å². The van der Waals surface area contributed by atoms with Gasteiger partial charge in [-0.3, -0.25) is 4.79 Å². The van der Waals surface area contributed by atoms with Gasteiger partial charge in [-0.05, 0) is 54.3 Å². The number of carboxylic acid groups (broad SMARTS) is 1. The number of oxazole rings is 1. The summed E-state index contributed by atoms with van der Waals surface area (Å²) in [5.74, 6) is 0.648. The van der Waals surface area contributed by atoms with Gasteiger partial charge in [-0.1, -0.05) is 43.7 Å². The molecule has 170 valence electrons. The standard InChI is InChI=1S/C27H28N2O4/c1-2-7-21-17-25-23(29-27(33-25)20-8-4-3-5-9-20)18-24(21)32-15-6-14-28-22-12-10-19(11-13-22)16-26(30)31/h3-5,8-13,17-18,28H,2,6-7,14-16H2,1H3,(H,30,31). The van der Waals surface area contributed by atoms with Crippen molar-refractivity contribution in [2.24, 2.45) is 0 Å². The minimum Gasteiger partial charge on any atom is -0.493 e. The highest BCUT2D eigenvalue weighted by Crippen LogP contribution is 2.30. The molecule has 1 aromatic heterocycles. The van der Waals surface area contributed by atoms with Crippen LogP contribution in [0.5, 0.6) is 5.75 Å². The van der Waals surface area contributed by atoms with Crippen molar-refractivity contribution in [1.29, 1.82) is 0 Å². The number of benzene rings is 3. The van der Waals surface area contributed by atoms with E-state index in [1.165, 1.54) is 0 Å². The first kappa shape index (κ1) is 22.4. The lowest BCUT2D eigenvalue weighted by molar-refractivity contribution is -0.136. The van der Waals surface area contributed by atoms with Crippen LogP contribution in [0.25, 0.3) is 22.6 Å². The fourth-order valence-corrected chi connectivity index (χ4v) is 3.70. The fourth-order valence-electron chi connectivity index (χ4n) is 3.70. The lowest BCUT2D eigenvalue weighted by Gasteiger charge is -2.12. The Balaban J connectivity index is 1.36. The molecule has 0 saturated carbocycles. The molecule has 6 nitrogen and oxygen atoms in total. The summed E-state index contributed by atoms with van der Waals surface area (Å²) in [4.78, 5) is 15.4. The third-order valence-electron chi connectivity index (χ3n) is 5.33. The van der Waals surface area contributed by atoms with Gasteiger partial charge >= 0.3 is 5.97 Å². The maximum absolute atomic E-state index is 10.8. The van der Waals surface area contributed by atoms with E-state index in [0.717, 1.165) is 65.0 Å². The summed E-state index contributed by atoms with van der Waals surface area (Å²) in [6.45, 7) is 3.48. The molecular formula is C27H28N2O4. The molecule has 6 heteroatoms. The van der Waals surface area contributed by atoms with Crippen molar-refractivity contribution in [3.63, 3.8) is 0 Å². The van der Waals surface area contributed by atoms with Gasteiger partial charge < -0.3 is 19.6 Å². The Kier molecular flexibility index (Phi) is 7.25. The molecule has 0 unspecified atom stereocenters. The van der Waals surface area contributed by atoms with Crippen molar-refractivity contribution in [1.82, 2.24) is 4.98 Å². The van der Waals surface area contributed by atoms with Gasteiger partial charge in [-0.2, -0.15) is 0 Å². The summed E-state index contributed by atoms with van der Waals surface area (Å²) < 4.78 is 12.1. The summed E-state index contributed by atoms with van der Waals surface area (Å²) in [6, 6.07) is 21.4. The maximum atomic E-state index is 10.8. The molecule has 2 N–H and O–H groups in total. The van der Waals surface area contributed by atoms with E-state index in [1.54, 1.807) is 0 Å². The van der Waals surface area contributed by atoms with Crippen LogP contribution in [0.1, 0.15) is 30.9 Å². The average Bonchev–Trinajstić information content (AvgIpc) is 3.23. The van der Waals surface area contributed by atoms with E-state index in [0.29, 0.717) is 12.5 Å². The molecular weight excluding hydrogens is 416 g/mol. The Hall–Kier alpha value is -3.80. The monoisotopic (exact) mass is 444 g/mol. The van der Waals surface area contributed by atoms with Crippen LogP contribution in [-0.4, -0.2) is 29.2 Å². The van der Waals surface area contributed by atoms with Crippen LogP contribution in [0.4, 0.5) is 5.69 Å². The van der Waals surface area contributed by atoms with Crippen LogP contribution in [0.3, 0.4) is 0 Å². The van der Waals surface area contributed by atoms with Gasteiger partial charge in [0.15, 0.2) is 5.58 Å². The lowest BCUT2D eigenvalue weighted by atomic mass is 10.1. The second kappa shape index (κ2) is 10.7. The second-order valence-electron chi connectivity index (χ2n) is 7.96. The first-order chi connectivity index (χ1) is 16.1. The number of nitrogens with one attached hydrogen (secondary N) is 1. The Morgan fingerprint density at radius 2 is 1.88 bits per heavy atom. The molecule has 0 bridgehead atoms. The molecule has 3 aromatic carbocycles. The third kappa shape index (κ3) is 5.92. The summed E-state index contributed by atoms with van der Waals surface area (Å²) in [5.41, 5.74) is 5.41. The highest BCUT2D eigenvalue weighted by atomic mass is 16.5. The summed E-state index contributed by atoms with van der Waals surface area (Å²) >= 11 is 0. The number of carboxylic acids is 1. The molecule has 4 aromatic rings. The zero-order valence-corrected chi connectivity index (χ0v) is 18.7. The topological polar surface area (TPSA) is 84.6 Å². The van der Waals surface area contributed by atoms with Gasteiger partial charge in [0.2, 0.25) is 5.89 Å². The SMILES string of the molecule is CCCc1cc2oc(-c3ccccc3)nc2cc1OCCCNc1ccc(CC(=O)O)cc1. The van der Waals surface area contributed by atoms with Crippen LogP contribution in [0, 0.1) is 0 Å². The molecule has 1 heterocycles. The number of aromatic nitrogens is 1. The number of rotatable bonds is 11. The molecule has 0 atom stereocenters. The molecule has 0 aliphatic heterocycles. The van der Waals surface area contributed by atoms with E-state index in [2.05, 4.69) is 17.2 Å². The van der Waals surface area contributed by atoms with Crippen molar-refractivity contribution in [3.05, 3.63) is 77.9 Å². The number of carbonyl (C=O) groups is 1. The minimum absolute atomic E-state index is 0.0386. The Morgan fingerprint density at radius 3 is 2.61 bits per heavy atom. The van der Waals surface area contributed by atoms with Crippen molar-refractivity contribution >= 4 is 22.8 Å². The quantitative estimate of drug-likeness (QED) is 0.278. The number of ether oxygens (including phenoxy) is 1. The molecule has 0 saturated heterocycles. The van der Waals surface area contributed by atoms with E-state index >= 15 is 0 Å². The van der Waals surface area contributed by atoms with E-state index < -0.39 is 5.97 Å². The number of hydrogen-bond acceptors (Lipinski definition) is 5. The highest BCUT2D eigenvalue weighted by Gasteiger charge is 2.13. The Morgan fingerprint density at radius 1 is 1.09 bits per heavy atom. The molecule has 0 aliphatic carbocycles. The molecule has 33 heavy (non-hydrogen) atoms. The first-order valence-electron chi connectivity index (χ1n) is 11.3. The van der Waals surface area contributed by atoms with Crippen LogP contribution >= 0.6 is 0 Å². The summed E-state index contributed by atoms with van der Waals surface area (Å²) in [5, 5.41) is 12.2. The molecule has 0 fully saturated rings. The number of fused-ring (bicyclic) bond motifs is 1. The highest BCUT2D eigenvalue weighted by molar-refractivity contribution is 5.79. The zero-order chi connectivity index (χ0) is 23.0. The number of hydrogen-bond donors (Lipinski definition) is 2. The number of anilines is 1. The van der Waals surface area contributed by atoms with Crippen molar-refractivity contribution in [2.75, 3.05) is 18.5 Å². The van der Waals surface area contributed by atoms with E-state index in [9.17, 15) is 4.79 Å². The second-order valence-corrected chi connectivity index (χ2v) is 7.96. The lowest BCUT2D eigenvalue weighted by Crippen LogP contribution is -2.08. The number of aliphatic carboxylic acids is 1. The van der Waals surface area contributed by atoms with Gasteiger partial charge in [-0.25, -0.2) is 4.98 Å². The fraction of sp³-hybridized carbons (Fsp3) is 0.259.